The fraction of sp³-hybridized carbons (Fsp3) is 0.353. The molecule has 0 spiro atoms. The zero-order chi connectivity index (χ0) is 28.6. The van der Waals surface area contributed by atoms with Gasteiger partial charge in [0, 0.05) is 41.8 Å². The highest BCUT2D eigenvalue weighted by molar-refractivity contribution is 5.96. The van der Waals surface area contributed by atoms with E-state index in [4.69, 9.17) is 10.1 Å². The summed E-state index contributed by atoms with van der Waals surface area (Å²) in [6.07, 6.45) is 6.79. The molecule has 6 aromatic rings. The van der Waals surface area contributed by atoms with Gasteiger partial charge in [-0.3, -0.25) is 9.89 Å². The SMILES string of the molecule is Cc1c(-c2cc3ccc(-c4cccc5[nH]nc(F)c45)nc3n2CC2CC2)nn2cc(C(=O)N3CC4CC5CC3[C@H]54)ccc12. The molecular weight excluding hydrogens is 541 g/mol. The largest absolute Gasteiger partial charge is 0.335 e. The molecule has 214 valence electrons. The first-order valence-electron chi connectivity index (χ1n) is 15.5. The van der Waals surface area contributed by atoms with E-state index in [1.165, 1.54) is 25.7 Å². The van der Waals surface area contributed by atoms with Crippen molar-refractivity contribution in [2.75, 3.05) is 6.54 Å². The summed E-state index contributed by atoms with van der Waals surface area (Å²) in [6, 6.07) is 16.3. The molecule has 1 aliphatic heterocycles. The lowest BCUT2D eigenvalue weighted by molar-refractivity contribution is -0.0204. The number of H-pyrrole nitrogens is 1. The number of halogens is 1. The second kappa shape index (κ2) is 8.30. The zero-order valence-corrected chi connectivity index (χ0v) is 23.8. The van der Waals surface area contributed by atoms with E-state index in [0.29, 0.717) is 40.0 Å². The van der Waals surface area contributed by atoms with Crippen LogP contribution in [0.5, 0.6) is 0 Å². The third-order valence-corrected chi connectivity index (χ3v) is 10.8. The standard InChI is InChI=1S/C34H30FN7O/c1-17-26-10-8-20(34(43)41-15-22-11-21-13-27(41)29(21)22)16-42(26)39-31(17)28-12-19-7-9-24(36-33(19)40(28)14-18-5-6-18)23-3-2-4-25-30(23)32(35)38-37-25/h2-4,7-10,12,16,18,21-22,27,29H,5-6,11,13-15H2,1H3,(H,37,38)/t21?,22?,27?,29-/m1/s1. The number of hydrogen-bond acceptors (Lipinski definition) is 4. The van der Waals surface area contributed by atoms with Gasteiger partial charge in [-0.1, -0.05) is 12.1 Å². The molecule has 9 heteroatoms. The molecule has 6 heterocycles. The Morgan fingerprint density at radius 1 is 1.09 bits per heavy atom. The fourth-order valence-electron chi connectivity index (χ4n) is 8.37. The van der Waals surface area contributed by atoms with Crippen LogP contribution in [0.25, 0.3) is 50.1 Å². The third-order valence-electron chi connectivity index (χ3n) is 10.8. The summed E-state index contributed by atoms with van der Waals surface area (Å²) in [6.45, 7) is 3.87. The van der Waals surface area contributed by atoms with Gasteiger partial charge in [-0.05, 0) is 92.7 Å². The maximum atomic E-state index is 14.7. The number of amides is 1. The lowest BCUT2D eigenvalue weighted by atomic mass is 9.53. The number of carbonyl (C=O) groups is 1. The molecule has 3 unspecified atom stereocenters. The Morgan fingerprint density at radius 3 is 2.84 bits per heavy atom. The van der Waals surface area contributed by atoms with Crippen LogP contribution in [-0.4, -0.2) is 52.8 Å². The number of aromatic amines is 1. The van der Waals surface area contributed by atoms with Crippen LogP contribution in [0.15, 0.2) is 54.7 Å². The van der Waals surface area contributed by atoms with Crippen LogP contribution in [0.3, 0.4) is 0 Å². The van der Waals surface area contributed by atoms with Crippen molar-refractivity contribution < 1.29 is 9.18 Å². The van der Waals surface area contributed by atoms with E-state index in [-0.39, 0.29) is 5.91 Å². The Morgan fingerprint density at radius 2 is 2.00 bits per heavy atom. The summed E-state index contributed by atoms with van der Waals surface area (Å²) in [5.41, 5.74) is 7.64. The van der Waals surface area contributed by atoms with Gasteiger partial charge in [0.25, 0.3) is 5.91 Å². The Balaban J connectivity index is 1.07. The second-order valence-electron chi connectivity index (χ2n) is 13.3. The van der Waals surface area contributed by atoms with Crippen molar-refractivity contribution >= 4 is 33.4 Å². The van der Waals surface area contributed by atoms with Gasteiger partial charge in [-0.25, -0.2) is 9.50 Å². The first kappa shape index (κ1) is 24.0. The summed E-state index contributed by atoms with van der Waals surface area (Å²) in [5.74, 6) is 2.55. The molecule has 8 nitrogen and oxygen atoms in total. The summed E-state index contributed by atoms with van der Waals surface area (Å²) in [4.78, 5) is 20.8. The smallest absolute Gasteiger partial charge is 0.255 e. The lowest BCUT2D eigenvalue weighted by Crippen LogP contribution is -2.53. The van der Waals surface area contributed by atoms with Gasteiger partial charge in [0.2, 0.25) is 5.95 Å². The van der Waals surface area contributed by atoms with Crippen molar-refractivity contribution in [1.82, 2.24) is 34.3 Å². The molecule has 4 aliphatic rings. The lowest BCUT2D eigenvalue weighted by Gasteiger charge is -2.52. The maximum absolute atomic E-state index is 14.7. The van der Waals surface area contributed by atoms with Gasteiger partial charge >= 0.3 is 0 Å². The van der Waals surface area contributed by atoms with Crippen LogP contribution in [0, 0.1) is 36.5 Å². The van der Waals surface area contributed by atoms with Crippen molar-refractivity contribution in [3.05, 3.63) is 71.8 Å². The predicted octanol–water partition coefficient (Wildman–Crippen LogP) is 6.23. The number of nitrogens with one attached hydrogen (secondary N) is 1. The van der Waals surface area contributed by atoms with Crippen molar-refractivity contribution in [3.8, 4) is 22.6 Å². The van der Waals surface area contributed by atoms with Crippen molar-refractivity contribution in [2.24, 2.45) is 23.7 Å². The average Bonchev–Trinajstić information content (AvgIpc) is 3.53. The van der Waals surface area contributed by atoms with E-state index in [2.05, 4.69) is 38.7 Å². The van der Waals surface area contributed by atoms with Gasteiger partial charge in [0.15, 0.2) is 0 Å². The summed E-state index contributed by atoms with van der Waals surface area (Å²) in [5, 5.41) is 13.1. The van der Waals surface area contributed by atoms with E-state index in [0.717, 1.165) is 64.0 Å². The molecular formula is C34H30FN7O. The molecule has 10 rings (SSSR count). The second-order valence-corrected chi connectivity index (χ2v) is 13.3. The third kappa shape index (κ3) is 3.30. The summed E-state index contributed by atoms with van der Waals surface area (Å²) in [7, 11) is 0. The van der Waals surface area contributed by atoms with Crippen LogP contribution in [0.1, 0.15) is 41.6 Å². The highest BCUT2D eigenvalue weighted by Gasteiger charge is 2.61. The van der Waals surface area contributed by atoms with Gasteiger partial charge in [0.05, 0.1) is 33.4 Å². The van der Waals surface area contributed by atoms with Gasteiger partial charge in [-0.2, -0.15) is 9.49 Å². The Kier molecular flexibility index (Phi) is 4.63. The number of aryl methyl sites for hydroxylation is 1. The van der Waals surface area contributed by atoms with Gasteiger partial charge in [-0.15, -0.1) is 5.10 Å². The number of pyridine rings is 2. The number of rotatable bonds is 5. The van der Waals surface area contributed by atoms with Gasteiger partial charge in [0.1, 0.15) is 11.3 Å². The first-order valence-corrected chi connectivity index (χ1v) is 15.5. The minimum atomic E-state index is -0.520. The predicted molar refractivity (Wildman–Crippen MR) is 161 cm³/mol. The number of nitrogens with zero attached hydrogens (tertiary/aromatic N) is 6. The van der Waals surface area contributed by atoms with E-state index in [9.17, 15) is 9.18 Å². The Hall–Kier alpha value is -4.53. The first-order chi connectivity index (χ1) is 21.0. The van der Waals surface area contributed by atoms with E-state index in [1.807, 2.05) is 47.1 Å². The van der Waals surface area contributed by atoms with Crippen LogP contribution in [0.4, 0.5) is 4.39 Å². The van der Waals surface area contributed by atoms with Crippen molar-refractivity contribution in [1.29, 1.82) is 0 Å². The molecule has 4 atom stereocenters. The normalized spacial score (nSPS) is 24.1. The molecule has 43 heavy (non-hydrogen) atoms. The summed E-state index contributed by atoms with van der Waals surface area (Å²) >= 11 is 0. The maximum Gasteiger partial charge on any atom is 0.255 e. The summed E-state index contributed by atoms with van der Waals surface area (Å²) < 4.78 is 18.8. The van der Waals surface area contributed by atoms with Crippen LogP contribution in [0.2, 0.25) is 0 Å². The molecule has 5 aromatic heterocycles. The van der Waals surface area contributed by atoms with Crippen LogP contribution < -0.4 is 0 Å². The average molecular weight is 572 g/mol. The number of carbonyl (C=O) groups excluding carboxylic acids is 1. The molecule has 4 fully saturated rings. The quantitative estimate of drug-likeness (QED) is 0.266. The molecule has 1 amide bonds. The monoisotopic (exact) mass is 571 g/mol. The Bertz CT molecular complexity index is 2150. The number of benzene rings is 1. The number of fused-ring (bicyclic) bond motifs is 3. The highest BCUT2D eigenvalue weighted by atomic mass is 19.1. The zero-order valence-electron chi connectivity index (χ0n) is 23.8. The Labute approximate surface area is 246 Å². The van der Waals surface area contributed by atoms with Crippen molar-refractivity contribution in [3.63, 3.8) is 0 Å². The molecule has 3 aliphatic carbocycles. The minimum Gasteiger partial charge on any atom is -0.335 e. The number of hydrogen-bond donors (Lipinski definition) is 1. The number of likely N-dealkylation sites (tertiary alicyclic amines) is 1. The molecule has 3 saturated carbocycles. The van der Waals surface area contributed by atoms with Crippen LogP contribution in [-0.2, 0) is 6.54 Å². The van der Waals surface area contributed by atoms with Crippen LogP contribution >= 0.6 is 0 Å². The highest BCUT2D eigenvalue weighted by Crippen LogP contribution is 2.60. The molecule has 1 aromatic carbocycles. The molecule has 0 bridgehead atoms. The van der Waals surface area contributed by atoms with Crippen molar-refractivity contribution in [2.45, 2.75) is 45.2 Å². The van der Waals surface area contributed by atoms with E-state index >= 15 is 0 Å². The molecule has 0 radical (unpaired) electrons. The van der Waals surface area contributed by atoms with E-state index in [1.54, 1.807) is 0 Å². The topological polar surface area (TPSA) is 84.1 Å². The fourth-order valence-corrected chi connectivity index (χ4v) is 8.37. The van der Waals surface area contributed by atoms with Gasteiger partial charge < -0.3 is 9.47 Å². The number of aromatic nitrogens is 6. The van der Waals surface area contributed by atoms with E-state index < -0.39 is 5.95 Å². The molecule has 1 saturated heterocycles. The minimum absolute atomic E-state index is 0.137. The molecule has 1 N–H and O–H groups in total.